The average Bonchev–Trinajstić information content (AvgIpc) is 3.37. The third-order valence-electron chi connectivity index (χ3n) is 3.37. The second-order valence-electron chi connectivity index (χ2n) is 5.24. The van der Waals surface area contributed by atoms with Crippen LogP contribution in [0.1, 0.15) is 40.6 Å². The lowest BCUT2D eigenvalue weighted by atomic mass is 10.2. The Balaban J connectivity index is 2.11. The summed E-state index contributed by atoms with van der Waals surface area (Å²) in [5.74, 6) is 0.681. The maximum atomic E-state index is 12.0. The van der Waals surface area contributed by atoms with Crippen LogP contribution in [0.3, 0.4) is 0 Å². The summed E-state index contributed by atoms with van der Waals surface area (Å²) in [5.41, 5.74) is 0.933. The van der Waals surface area contributed by atoms with Crippen molar-refractivity contribution in [2.75, 3.05) is 33.1 Å². The van der Waals surface area contributed by atoms with Gasteiger partial charge in [-0.2, -0.15) is 0 Å². The molecular weight excluding hydrogens is 318 g/mol. The Morgan fingerprint density at radius 1 is 1.30 bits per heavy atom. The molecule has 1 amide bonds. The quantitative estimate of drug-likeness (QED) is 0.330. The van der Waals surface area contributed by atoms with Gasteiger partial charge in [0.2, 0.25) is 5.91 Å². The third-order valence-corrected chi connectivity index (χ3v) is 4.35. The van der Waals surface area contributed by atoms with Crippen LogP contribution in [0, 0.1) is 6.92 Å². The Bertz CT molecular complexity index is 590. The molecule has 1 N–H and O–H groups in total. The van der Waals surface area contributed by atoms with E-state index in [-0.39, 0.29) is 11.7 Å². The van der Waals surface area contributed by atoms with E-state index in [1.807, 2.05) is 0 Å². The van der Waals surface area contributed by atoms with E-state index in [1.165, 1.54) is 18.9 Å². The molecule has 0 spiro atoms. The van der Waals surface area contributed by atoms with Crippen molar-refractivity contribution >= 4 is 23.6 Å². The molecule has 0 unspecified atom stereocenters. The van der Waals surface area contributed by atoms with Crippen molar-refractivity contribution in [3.05, 3.63) is 17.1 Å². The molecule has 0 aliphatic heterocycles. The number of methoxy groups -OCH3 is 2. The normalized spacial score (nSPS) is 13.7. The summed E-state index contributed by atoms with van der Waals surface area (Å²) >= 11 is 1.23. The van der Waals surface area contributed by atoms with E-state index < -0.39 is 5.97 Å². The van der Waals surface area contributed by atoms with E-state index in [9.17, 15) is 9.59 Å². The van der Waals surface area contributed by atoms with E-state index in [0.29, 0.717) is 35.4 Å². The fourth-order valence-electron chi connectivity index (χ4n) is 2.01. The molecule has 0 aromatic carbocycles. The van der Waals surface area contributed by atoms with Crippen LogP contribution in [0.5, 0.6) is 0 Å². The van der Waals surface area contributed by atoms with Crippen molar-refractivity contribution in [1.29, 1.82) is 0 Å². The minimum atomic E-state index is -0.480. The van der Waals surface area contributed by atoms with Gasteiger partial charge in [-0.05, 0) is 19.8 Å². The van der Waals surface area contributed by atoms with Gasteiger partial charge < -0.3 is 14.8 Å². The molecule has 2 rings (SSSR count). The predicted molar refractivity (Wildman–Crippen MR) is 85.7 cm³/mol. The summed E-state index contributed by atoms with van der Waals surface area (Å²) in [7, 11) is 2.90. The van der Waals surface area contributed by atoms with Gasteiger partial charge >= 0.3 is 5.97 Å². The summed E-state index contributed by atoms with van der Waals surface area (Å²) in [4.78, 5) is 32.7. The molecule has 7 nitrogen and oxygen atoms in total. The Kier molecular flexibility index (Phi) is 6.35. The summed E-state index contributed by atoms with van der Waals surface area (Å²) in [6.07, 6.45) is 2.14. The summed E-state index contributed by atoms with van der Waals surface area (Å²) in [6, 6.07) is 0. The number of ether oxygens (including phenoxy) is 2. The standard InChI is InChI=1S/C15H21N3O4S/c1-9-12(15(20)22-3)14(18-13(17-9)10-4-5-10)23-8-11(19)16-6-7-21-2/h10H,4-8H2,1-3H3,(H,16,19). The maximum absolute atomic E-state index is 12.0. The van der Waals surface area contributed by atoms with Gasteiger partial charge in [-0.1, -0.05) is 11.8 Å². The highest BCUT2D eigenvalue weighted by Gasteiger charge is 2.29. The smallest absolute Gasteiger partial charge is 0.342 e. The highest BCUT2D eigenvalue weighted by atomic mass is 32.2. The highest BCUT2D eigenvalue weighted by molar-refractivity contribution is 8.00. The number of aryl methyl sites for hydroxylation is 1. The Morgan fingerprint density at radius 2 is 2.04 bits per heavy atom. The number of nitrogens with zero attached hydrogens (tertiary/aromatic N) is 2. The van der Waals surface area contributed by atoms with E-state index in [4.69, 9.17) is 9.47 Å². The lowest BCUT2D eigenvalue weighted by molar-refractivity contribution is -0.118. The van der Waals surface area contributed by atoms with Crippen LogP contribution >= 0.6 is 11.8 Å². The molecule has 1 aliphatic carbocycles. The monoisotopic (exact) mass is 339 g/mol. The van der Waals surface area contributed by atoms with Gasteiger partial charge in [0.05, 0.1) is 25.2 Å². The van der Waals surface area contributed by atoms with E-state index in [1.54, 1.807) is 14.0 Å². The first-order chi connectivity index (χ1) is 11.1. The molecule has 1 heterocycles. The first-order valence-electron chi connectivity index (χ1n) is 7.42. The van der Waals surface area contributed by atoms with E-state index in [0.717, 1.165) is 18.7 Å². The Labute approximate surface area is 139 Å². The van der Waals surface area contributed by atoms with Crippen LogP contribution in [0.25, 0.3) is 0 Å². The largest absolute Gasteiger partial charge is 0.465 e. The fraction of sp³-hybridized carbons (Fsp3) is 0.600. The van der Waals surface area contributed by atoms with Gasteiger partial charge in [0.25, 0.3) is 0 Å². The Hall–Kier alpha value is -1.67. The lowest BCUT2D eigenvalue weighted by Gasteiger charge is -2.11. The van der Waals surface area contributed by atoms with Crippen molar-refractivity contribution in [3.63, 3.8) is 0 Å². The number of carbonyl (C=O) groups excluding carboxylic acids is 2. The summed E-state index contributed by atoms with van der Waals surface area (Å²) in [5, 5.41) is 3.24. The summed E-state index contributed by atoms with van der Waals surface area (Å²) in [6.45, 7) is 2.68. The molecule has 1 aromatic heterocycles. The second kappa shape index (κ2) is 8.26. The zero-order valence-electron chi connectivity index (χ0n) is 13.5. The number of rotatable bonds is 8. The number of aromatic nitrogens is 2. The van der Waals surface area contributed by atoms with E-state index in [2.05, 4.69) is 15.3 Å². The zero-order valence-corrected chi connectivity index (χ0v) is 14.4. The molecule has 0 bridgehead atoms. The van der Waals surface area contributed by atoms with Gasteiger partial charge in [0, 0.05) is 19.6 Å². The van der Waals surface area contributed by atoms with Gasteiger partial charge in [-0.3, -0.25) is 4.79 Å². The number of amides is 1. The van der Waals surface area contributed by atoms with E-state index >= 15 is 0 Å². The first kappa shape index (κ1) is 17.7. The number of nitrogens with one attached hydrogen (secondary N) is 1. The van der Waals surface area contributed by atoms with Gasteiger partial charge in [0.1, 0.15) is 16.4 Å². The molecule has 0 saturated heterocycles. The second-order valence-corrected chi connectivity index (χ2v) is 6.21. The first-order valence-corrected chi connectivity index (χ1v) is 8.40. The molecule has 126 valence electrons. The third kappa shape index (κ3) is 4.90. The SMILES string of the molecule is COCCNC(=O)CSc1nc(C2CC2)nc(C)c1C(=O)OC. The van der Waals surface area contributed by atoms with Crippen LogP contribution in [0.2, 0.25) is 0 Å². The molecule has 1 saturated carbocycles. The predicted octanol–water partition coefficient (Wildman–Crippen LogP) is 1.30. The minimum Gasteiger partial charge on any atom is -0.465 e. The molecule has 23 heavy (non-hydrogen) atoms. The minimum absolute atomic E-state index is 0.132. The number of hydrogen-bond acceptors (Lipinski definition) is 7. The molecule has 8 heteroatoms. The lowest BCUT2D eigenvalue weighted by Crippen LogP contribution is -2.28. The van der Waals surface area contributed by atoms with Gasteiger partial charge in [-0.15, -0.1) is 0 Å². The van der Waals surface area contributed by atoms with Gasteiger partial charge in [0.15, 0.2) is 0 Å². The molecule has 1 aliphatic rings. The molecule has 1 fully saturated rings. The average molecular weight is 339 g/mol. The number of esters is 1. The zero-order chi connectivity index (χ0) is 16.8. The summed E-state index contributed by atoms with van der Waals surface area (Å²) < 4.78 is 9.69. The van der Waals surface area contributed by atoms with Crippen LogP contribution in [-0.4, -0.2) is 55.0 Å². The van der Waals surface area contributed by atoms with Crippen LogP contribution in [0.15, 0.2) is 5.03 Å². The number of hydrogen-bond donors (Lipinski definition) is 1. The highest BCUT2D eigenvalue weighted by Crippen LogP contribution is 2.39. The van der Waals surface area contributed by atoms with Crippen molar-refractivity contribution in [1.82, 2.24) is 15.3 Å². The van der Waals surface area contributed by atoms with Crippen LogP contribution in [-0.2, 0) is 14.3 Å². The van der Waals surface area contributed by atoms with Crippen LogP contribution < -0.4 is 5.32 Å². The van der Waals surface area contributed by atoms with Crippen molar-refractivity contribution in [2.45, 2.75) is 30.7 Å². The van der Waals surface area contributed by atoms with Crippen molar-refractivity contribution in [2.24, 2.45) is 0 Å². The van der Waals surface area contributed by atoms with Crippen LogP contribution in [0.4, 0.5) is 0 Å². The van der Waals surface area contributed by atoms with Crippen molar-refractivity contribution < 1.29 is 19.1 Å². The molecular formula is C15H21N3O4S. The Morgan fingerprint density at radius 3 is 2.65 bits per heavy atom. The molecule has 0 radical (unpaired) electrons. The molecule has 0 atom stereocenters. The fourth-order valence-corrected chi connectivity index (χ4v) is 2.91. The maximum Gasteiger partial charge on any atom is 0.342 e. The molecule has 1 aromatic rings. The van der Waals surface area contributed by atoms with Gasteiger partial charge in [-0.25, -0.2) is 14.8 Å². The number of carbonyl (C=O) groups is 2. The van der Waals surface area contributed by atoms with Crippen molar-refractivity contribution in [3.8, 4) is 0 Å². The number of thioether (sulfide) groups is 1. The topological polar surface area (TPSA) is 90.4 Å².